The quantitative estimate of drug-likeness (QED) is 0.666. The average Bonchev–Trinajstić information content (AvgIpc) is 3.15. The molecule has 0 atom stereocenters. The van der Waals surface area contributed by atoms with Crippen LogP contribution in [0.5, 0.6) is 5.75 Å². The fraction of sp³-hybridized carbons (Fsp3) is 0.100. The first kappa shape index (κ1) is 19.1. The molecule has 2 N–H and O–H groups in total. The normalized spacial score (nSPS) is 10.0. The molecular weight excluding hydrogens is 376 g/mol. The molecule has 0 aliphatic heterocycles. The standard InChI is InChI=1S/C20H16N4O3S/c1-13(25)22-16-8-6-14(7-9-16)17-12-28-20(23-17)24-19(26)11-27-18-5-3-2-4-15(18)10-21/h2-9,12H,11H2,1H3,(H,22,25)(H,23,24,26). The van der Waals surface area contributed by atoms with Crippen molar-refractivity contribution in [3.63, 3.8) is 0 Å². The van der Waals surface area contributed by atoms with E-state index < -0.39 is 0 Å². The number of amides is 2. The van der Waals surface area contributed by atoms with Crippen LogP contribution in [0, 0.1) is 11.3 Å². The highest BCUT2D eigenvalue weighted by Crippen LogP contribution is 2.26. The van der Waals surface area contributed by atoms with E-state index in [1.54, 1.807) is 36.4 Å². The van der Waals surface area contributed by atoms with E-state index in [9.17, 15) is 9.59 Å². The second-order valence-electron chi connectivity index (χ2n) is 5.74. The highest BCUT2D eigenvalue weighted by molar-refractivity contribution is 7.14. The average molecular weight is 392 g/mol. The summed E-state index contributed by atoms with van der Waals surface area (Å²) >= 11 is 1.30. The van der Waals surface area contributed by atoms with Gasteiger partial charge in [-0.25, -0.2) is 4.98 Å². The van der Waals surface area contributed by atoms with Gasteiger partial charge in [-0.2, -0.15) is 5.26 Å². The van der Waals surface area contributed by atoms with Crippen LogP contribution in [0.25, 0.3) is 11.3 Å². The first-order chi connectivity index (χ1) is 13.5. The molecule has 7 nitrogen and oxygen atoms in total. The van der Waals surface area contributed by atoms with E-state index in [4.69, 9.17) is 10.00 Å². The molecule has 0 fully saturated rings. The molecular formula is C20H16N4O3S. The molecule has 2 aromatic carbocycles. The lowest BCUT2D eigenvalue weighted by Crippen LogP contribution is -2.20. The largest absolute Gasteiger partial charge is 0.482 e. The number of para-hydroxylation sites is 1. The van der Waals surface area contributed by atoms with Crippen LogP contribution in [0.3, 0.4) is 0 Å². The Kier molecular flexibility index (Phi) is 5.99. The lowest BCUT2D eigenvalue weighted by Gasteiger charge is -2.07. The van der Waals surface area contributed by atoms with E-state index in [1.165, 1.54) is 18.3 Å². The lowest BCUT2D eigenvalue weighted by molar-refractivity contribution is -0.118. The lowest BCUT2D eigenvalue weighted by atomic mass is 10.1. The summed E-state index contributed by atoms with van der Waals surface area (Å²) < 4.78 is 5.41. The molecule has 0 aliphatic rings. The van der Waals surface area contributed by atoms with Crippen LogP contribution in [0.1, 0.15) is 12.5 Å². The smallest absolute Gasteiger partial charge is 0.264 e. The minimum absolute atomic E-state index is 0.133. The van der Waals surface area contributed by atoms with Crippen LogP contribution in [0.15, 0.2) is 53.9 Å². The first-order valence-electron chi connectivity index (χ1n) is 8.30. The van der Waals surface area contributed by atoms with Crippen molar-refractivity contribution in [2.24, 2.45) is 0 Å². The highest BCUT2D eigenvalue weighted by Gasteiger charge is 2.10. The summed E-state index contributed by atoms with van der Waals surface area (Å²) in [4.78, 5) is 27.5. The number of hydrogen-bond donors (Lipinski definition) is 2. The predicted octanol–water partition coefficient (Wildman–Crippen LogP) is 3.66. The van der Waals surface area contributed by atoms with Crippen molar-refractivity contribution in [3.8, 4) is 23.1 Å². The molecule has 140 valence electrons. The maximum atomic E-state index is 12.1. The van der Waals surface area contributed by atoms with E-state index in [1.807, 2.05) is 23.6 Å². The number of anilines is 2. The van der Waals surface area contributed by atoms with Crippen molar-refractivity contribution in [2.45, 2.75) is 6.92 Å². The maximum absolute atomic E-state index is 12.1. The van der Waals surface area contributed by atoms with Crippen LogP contribution in [-0.2, 0) is 9.59 Å². The summed E-state index contributed by atoms with van der Waals surface area (Å²) in [7, 11) is 0. The molecule has 2 amide bonds. The van der Waals surface area contributed by atoms with Gasteiger partial charge in [-0.3, -0.25) is 14.9 Å². The topological polar surface area (TPSA) is 104 Å². The summed E-state index contributed by atoms with van der Waals surface area (Å²) in [5.41, 5.74) is 2.65. The fourth-order valence-electron chi connectivity index (χ4n) is 2.37. The van der Waals surface area contributed by atoms with Crippen molar-refractivity contribution in [1.29, 1.82) is 5.26 Å². The molecule has 1 heterocycles. The SMILES string of the molecule is CC(=O)Nc1ccc(-c2csc(NC(=O)COc3ccccc3C#N)n2)cc1. The van der Waals surface area contributed by atoms with Gasteiger partial charge in [-0.15, -0.1) is 11.3 Å². The first-order valence-corrected chi connectivity index (χ1v) is 9.18. The maximum Gasteiger partial charge on any atom is 0.264 e. The fourth-order valence-corrected chi connectivity index (χ4v) is 3.11. The zero-order valence-corrected chi connectivity index (χ0v) is 15.7. The third kappa shape index (κ3) is 4.93. The Balaban J connectivity index is 1.59. The Bertz CT molecular complexity index is 1040. The number of nitriles is 1. The number of nitrogens with zero attached hydrogens (tertiary/aromatic N) is 2. The number of carbonyl (C=O) groups is 2. The van der Waals surface area contributed by atoms with Crippen LogP contribution >= 0.6 is 11.3 Å². The zero-order valence-electron chi connectivity index (χ0n) is 14.9. The summed E-state index contributed by atoms with van der Waals surface area (Å²) in [6, 6.07) is 16.0. The number of aromatic nitrogens is 1. The molecule has 0 saturated heterocycles. The molecule has 0 spiro atoms. The van der Waals surface area contributed by atoms with Gasteiger partial charge in [-0.1, -0.05) is 24.3 Å². The summed E-state index contributed by atoms with van der Waals surface area (Å²) in [5.74, 6) is -0.139. The monoisotopic (exact) mass is 392 g/mol. The third-order valence-electron chi connectivity index (χ3n) is 3.62. The second kappa shape index (κ2) is 8.79. The van der Waals surface area contributed by atoms with Crippen molar-refractivity contribution in [2.75, 3.05) is 17.2 Å². The summed E-state index contributed by atoms with van der Waals surface area (Å²) in [5, 5.41) is 16.7. The Morgan fingerprint density at radius 2 is 1.89 bits per heavy atom. The van der Waals surface area contributed by atoms with Gasteiger partial charge in [0.25, 0.3) is 5.91 Å². The highest BCUT2D eigenvalue weighted by atomic mass is 32.1. The van der Waals surface area contributed by atoms with Crippen LogP contribution in [0.2, 0.25) is 0 Å². The van der Waals surface area contributed by atoms with Crippen LogP contribution in [0.4, 0.5) is 10.8 Å². The molecule has 8 heteroatoms. The summed E-state index contributed by atoms with van der Waals surface area (Å²) in [6.07, 6.45) is 0. The van der Waals surface area contributed by atoms with Crippen LogP contribution in [-0.4, -0.2) is 23.4 Å². The molecule has 1 aromatic heterocycles. The van der Waals surface area contributed by atoms with Gasteiger partial charge >= 0.3 is 0 Å². The number of hydrogen-bond acceptors (Lipinski definition) is 6. The Hall–Kier alpha value is -3.70. The van der Waals surface area contributed by atoms with Gasteiger partial charge in [0.2, 0.25) is 5.91 Å². The Labute approximate surface area is 165 Å². The molecule has 0 radical (unpaired) electrons. The van der Waals surface area contributed by atoms with Crippen LogP contribution < -0.4 is 15.4 Å². The van der Waals surface area contributed by atoms with E-state index in [-0.39, 0.29) is 18.4 Å². The van der Waals surface area contributed by atoms with Gasteiger partial charge in [0.1, 0.15) is 11.8 Å². The molecule has 0 saturated carbocycles. The van der Waals surface area contributed by atoms with Gasteiger partial charge in [0, 0.05) is 23.6 Å². The minimum Gasteiger partial charge on any atom is -0.482 e. The van der Waals surface area contributed by atoms with Crippen molar-refractivity contribution in [3.05, 3.63) is 59.5 Å². The molecule has 0 aliphatic carbocycles. The molecule has 3 rings (SSSR count). The Morgan fingerprint density at radius 3 is 2.61 bits per heavy atom. The number of nitrogens with one attached hydrogen (secondary N) is 2. The van der Waals surface area contributed by atoms with E-state index in [0.29, 0.717) is 27.8 Å². The van der Waals surface area contributed by atoms with Gasteiger partial charge in [0.15, 0.2) is 11.7 Å². The van der Waals surface area contributed by atoms with E-state index >= 15 is 0 Å². The molecule has 0 unspecified atom stereocenters. The summed E-state index contributed by atoms with van der Waals surface area (Å²) in [6.45, 7) is 1.23. The van der Waals surface area contributed by atoms with Gasteiger partial charge in [0.05, 0.1) is 11.3 Å². The molecule has 3 aromatic rings. The number of carbonyl (C=O) groups excluding carboxylic acids is 2. The second-order valence-corrected chi connectivity index (χ2v) is 6.60. The zero-order chi connectivity index (χ0) is 19.9. The van der Waals surface area contributed by atoms with Gasteiger partial charge < -0.3 is 10.1 Å². The number of benzene rings is 2. The minimum atomic E-state index is -0.366. The van der Waals surface area contributed by atoms with Crippen molar-refractivity contribution in [1.82, 2.24) is 4.98 Å². The predicted molar refractivity (Wildman–Crippen MR) is 107 cm³/mol. The Morgan fingerprint density at radius 1 is 1.14 bits per heavy atom. The van der Waals surface area contributed by atoms with Crippen molar-refractivity contribution < 1.29 is 14.3 Å². The third-order valence-corrected chi connectivity index (χ3v) is 4.38. The number of ether oxygens (including phenoxy) is 1. The van der Waals surface area contributed by atoms with E-state index in [0.717, 1.165) is 5.56 Å². The van der Waals surface area contributed by atoms with Crippen molar-refractivity contribution >= 4 is 34.0 Å². The van der Waals surface area contributed by atoms with E-state index in [2.05, 4.69) is 15.6 Å². The molecule has 28 heavy (non-hydrogen) atoms. The number of rotatable bonds is 6. The number of thiazole rings is 1. The molecule has 0 bridgehead atoms. The van der Waals surface area contributed by atoms with Gasteiger partial charge in [-0.05, 0) is 24.3 Å².